The van der Waals surface area contributed by atoms with Crippen molar-refractivity contribution in [3.63, 3.8) is 0 Å². The fourth-order valence-corrected chi connectivity index (χ4v) is 3.18. The first-order valence-electron chi connectivity index (χ1n) is 9.55. The van der Waals surface area contributed by atoms with E-state index in [0.29, 0.717) is 27.9 Å². The Balaban J connectivity index is 1.62. The summed E-state index contributed by atoms with van der Waals surface area (Å²) in [4.78, 5) is 29.8. The van der Waals surface area contributed by atoms with Gasteiger partial charge in [-0.1, -0.05) is 18.2 Å². The second-order valence-corrected chi connectivity index (χ2v) is 6.81. The first-order valence-corrected chi connectivity index (χ1v) is 9.55. The highest BCUT2D eigenvalue weighted by molar-refractivity contribution is 6.06. The fraction of sp³-hybridized carbons (Fsp3) is 0.0800. The summed E-state index contributed by atoms with van der Waals surface area (Å²) in [5.41, 5.74) is 2.62. The van der Waals surface area contributed by atoms with Crippen molar-refractivity contribution in [3.8, 4) is 17.0 Å². The third-order valence-corrected chi connectivity index (χ3v) is 4.82. The summed E-state index contributed by atoms with van der Waals surface area (Å²) in [6.07, 6.45) is 0. The number of benzene rings is 3. The van der Waals surface area contributed by atoms with Gasteiger partial charge in [0.1, 0.15) is 11.6 Å². The van der Waals surface area contributed by atoms with Gasteiger partial charge in [-0.15, -0.1) is 0 Å². The number of ketones is 1. The van der Waals surface area contributed by atoms with E-state index >= 15 is 0 Å². The molecule has 4 aromatic rings. The minimum Gasteiger partial charge on any atom is -0.497 e. The molecule has 0 aliphatic carbocycles. The summed E-state index contributed by atoms with van der Waals surface area (Å²) in [5, 5.41) is 0.624. The molecule has 154 valence electrons. The number of ether oxygens (including phenoxy) is 2. The quantitative estimate of drug-likeness (QED) is 0.324. The van der Waals surface area contributed by atoms with Gasteiger partial charge in [-0.05, 0) is 60.7 Å². The van der Waals surface area contributed by atoms with Crippen LogP contribution in [-0.2, 0) is 4.74 Å². The summed E-state index contributed by atoms with van der Waals surface area (Å²) in [5.74, 6) is -0.780. The topological polar surface area (TPSA) is 65.5 Å². The van der Waals surface area contributed by atoms with Gasteiger partial charge in [0, 0.05) is 16.5 Å². The van der Waals surface area contributed by atoms with Crippen LogP contribution in [0.4, 0.5) is 4.39 Å². The van der Waals surface area contributed by atoms with Gasteiger partial charge < -0.3 is 9.47 Å². The molecule has 0 aliphatic heterocycles. The number of nitrogens with zero attached hydrogens (tertiary/aromatic N) is 1. The van der Waals surface area contributed by atoms with Crippen LogP contribution in [0.2, 0.25) is 0 Å². The molecule has 4 rings (SSSR count). The first kappa shape index (κ1) is 20.2. The highest BCUT2D eigenvalue weighted by Crippen LogP contribution is 2.27. The van der Waals surface area contributed by atoms with E-state index < -0.39 is 24.2 Å². The average molecular weight is 415 g/mol. The Kier molecular flexibility index (Phi) is 5.71. The Labute approximate surface area is 178 Å². The van der Waals surface area contributed by atoms with Gasteiger partial charge in [0.2, 0.25) is 0 Å². The smallest absolute Gasteiger partial charge is 0.339 e. The number of halogens is 1. The maximum absolute atomic E-state index is 13.0. The number of hydrogen-bond acceptors (Lipinski definition) is 5. The number of rotatable bonds is 6. The molecule has 1 heterocycles. The monoisotopic (exact) mass is 415 g/mol. The molecule has 0 spiro atoms. The third-order valence-electron chi connectivity index (χ3n) is 4.82. The van der Waals surface area contributed by atoms with E-state index in [9.17, 15) is 14.0 Å². The van der Waals surface area contributed by atoms with Crippen LogP contribution in [0.25, 0.3) is 22.2 Å². The van der Waals surface area contributed by atoms with Gasteiger partial charge in [0.25, 0.3) is 0 Å². The average Bonchev–Trinajstić information content (AvgIpc) is 2.82. The maximum Gasteiger partial charge on any atom is 0.339 e. The second kappa shape index (κ2) is 8.75. The molecular formula is C25H18FNO4. The zero-order valence-electron chi connectivity index (χ0n) is 16.7. The van der Waals surface area contributed by atoms with Crippen molar-refractivity contribution in [1.29, 1.82) is 0 Å². The van der Waals surface area contributed by atoms with Gasteiger partial charge in [-0.2, -0.15) is 0 Å². The molecular weight excluding hydrogens is 397 g/mol. The number of aromatic nitrogens is 1. The molecule has 0 aliphatic rings. The van der Waals surface area contributed by atoms with Crippen LogP contribution in [0.1, 0.15) is 20.7 Å². The Morgan fingerprint density at radius 3 is 2.35 bits per heavy atom. The third kappa shape index (κ3) is 4.43. The lowest BCUT2D eigenvalue weighted by Gasteiger charge is -2.10. The van der Waals surface area contributed by atoms with Crippen molar-refractivity contribution in [1.82, 2.24) is 4.98 Å². The van der Waals surface area contributed by atoms with Crippen molar-refractivity contribution >= 4 is 22.7 Å². The zero-order valence-corrected chi connectivity index (χ0v) is 16.7. The van der Waals surface area contributed by atoms with Crippen LogP contribution in [0.3, 0.4) is 0 Å². The fourth-order valence-electron chi connectivity index (χ4n) is 3.18. The number of esters is 1. The molecule has 0 bridgehead atoms. The van der Waals surface area contributed by atoms with Gasteiger partial charge >= 0.3 is 5.97 Å². The van der Waals surface area contributed by atoms with Crippen molar-refractivity contribution < 1.29 is 23.5 Å². The van der Waals surface area contributed by atoms with E-state index in [1.54, 1.807) is 25.3 Å². The first-order chi connectivity index (χ1) is 15.0. The minimum atomic E-state index is -0.635. The number of para-hydroxylation sites is 1. The van der Waals surface area contributed by atoms with Crippen molar-refractivity contribution in [2.45, 2.75) is 0 Å². The van der Waals surface area contributed by atoms with E-state index in [-0.39, 0.29) is 5.56 Å². The number of hydrogen-bond donors (Lipinski definition) is 0. The molecule has 0 radical (unpaired) electrons. The summed E-state index contributed by atoms with van der Waals surface area (Å²) in [6, 6.07) is 21.3. The summed E-state index contributed by atoms with van der Waals surface area (Å²) >= 11 is 0. The van der Waals surface area contributed by atoms with Crippen LogP contribution >= 0.6 is 0 Å². The lowest BCUT2D eigenvalue weighted by molar-refractivity contribution is 0.0476. The molecule has 3 aromatic carbocycles. The summed E-state index contributed by atoms with van der Waals surface area (Å²) in [6.45, 7) is -0.445. The SMILES string of the molecule is COc1ccc(-c2cc(C(=O)OCC(=O)c3ccc(F)cc3)c3ccccc3n2)cc1. The standard InChI is InChI=1S/C25H18FNO4/c1-30-19-12-8-16(9-13-19)23-14-21(20-4-2-3-5-22(20)27-23)25(29)31-15-24(28)17-6-10-18(26)11-7-17/h2-14H,15H2,1H3. The van der Waals surface area contributed by atoms with Gasteiger partial charge in [-0.3, -0.25) is 4.79 Å². The van der Waals surface area contributed by atoms with Gasteiger partial charge in [-0.25, -0.2) is 14.2 Å². The van der Waals surface area contributed by atoms with E-state index in [0.717, 1.165) is 5.56 Å². The maximum atomic E-state index is 13.0. The van der Waals surface area contributed by atoms with Crippen LogP contribution in [0, 0.1) is 5.82 Å². The molecule has 0 saturated carbocycles. The molecule has 31 heavy (non-hydrogen) atoms. The Morgan fingerprint density at radius 2 is 1.65 bits per heavy atom. The van der Waals surface area contributed by atoms with E-state index in [4.69, 9.17) is 9.47 Å². The molecule has 0 N–H and O–H groups in total. The van der Waals surface area contributed by atoms with Crippen LogP contribution in [0.5, 0.6) is 5.75 Å². The number of methoxy groups -OCH3 is 1. The van der Waals surface area contributed by atoms with Gasteiger partial charge in [0.05, 0.1) is 23.9 Å². The highest BCUT2D eigenvalue weighted by atomic mass is 19.1. The second-order valence-electron chi connectivity index (χ2n) is 6.81. The molecule has 0 atom stereocenters. The summed E-state index contributed by atoms with van der Waals surface area (Å²) in [7, 11) is 1.59. The highest BCUT2D eigenvalue weighted by Gasteiger charge is 2.17. The Hall–Kier alpha value is -4.06. The van der Waals surface area contributed by atoms with E-state index in [2.05, 4.69) is 4.98 Å². The number of carbonyl (C=O) groups is 2. The predicted octanol–water partition coefficient (Wildman–Crippen LogP) is 5.09. The molecule has 1 aromatic heterocycles. The van der Waals surface area contributed by atoms with Crippen LogP contribution in [0.15, 0.2) is 78.9 Å². The molecule has 0 saturated heterocycles. The van der Waals surface area contributed by atoms with Gasteiger partial charge in [0.15, 0.2) is 12.4 Å². The Bertz CT molecular complexity index is 1250. The minimum absolute atomic E-state index is 0.271. The van der Waals surface area contributed by atoms with Crippen molar-refractivity contribution in [3.05, 3.63) is 95.8 Å². The molecule has 5 nitrogen and oxygen atoms in total. The molecule has 6 heteroatoms. The normalized spacial score (nSPS) is 10.6. The number of carbonyl (C=O) groups excluding carboxylic acids is 2. The van der Waals surface area contributed by atoms with Crippen LogP contribution < -0.4 is 4.74 Å². The zero-order chi connectivity index (χ0) is 21.8. The van der Waals surface area contributed by atoms with Crippen LogP contribution in [-0.4, -0.2) is 30.5 Å². The number of fused-ring (bicyclic) bond motifs is 1. The van der Waals surface area contributed by atoms with E-state index in [1.807, 2.05) is 36.4 Å². The predicted molar refractivity (Wildman–Crippen MR) is 115 cm³/mol. The lowest BCUT2D eigenvalue weighted by Crippen LogP contribution is -2.15. The lowest BCUT2D eigenvalue weighted by atomic mass is 10.0. The molecule has 0 amide bonds. The largest absolute Gasteiger partial charge is 0.497 e. The molecule has 0 unspecified atom stereocenters. The molecule has 0 fully saturated rings. The number of Topliss-reactive ketones (excluding diaryl/α,β-unsaturated/α-hetero) is 1. The summed E-state index contributed by atoms with van der Waals surface area (Å²) < 4.78 is 23.5. The Morgan fingerprint density at radius 1 is 0.935 bits per heavy atom. The van der Waals surface area contributed by atoms with E-state index in [1.165, 1.54) is 24.3 Å². The van der Waals surface area contributed by atoms with Crippen molar-refractivity contribution in [2.75, 3.05) is 13.7 Å². The number of pyridine rings is 1. The van der Waals surface area contributed by atoms with Crippen molar-refractivity contribution in [2.24, 2.45) is 0 Å².